The molecule has 36 heavy (non-hydrogen) atoms. The van der Waals surface area contributed by atoms with Gasteiger partial charge >= 0.3 is 0 Å². The number of fused-ring (bicyclic) bond motifs is 1. The Bertz CT molecular complexity index is 1180. The van der Waals surface area contributed by atoms with Gasteiger partial charge in [-0.05, 0) is 81.7 Å². The van der Waals surface area contributed by atoms with Crippen molar-refractivity contribution in [1.29, 1.82) is 0 Å². The summed E-state index contributed by atoms with van der Waals surface area (Å²) in [7, 11) is 1.76. The zero-order valence-corrected chi connectivity index (χ0v) is 22.6. The predicted octanol–water partition coefficient (Wildman–Crippen LogP) is 4.89. The fraction of sp³-hybridized carbons (Fsp3) is 0.481. The van der Waals surface area contributed by atoms with Crippen molar-refractivity contribution in [2.75, 3.05) is 46.4 Å². The van der Waals surface area contributed by atoms with Crippen LogP contribution in [0.1, 0.15) is 35.3 Å². The van der Waals surface area contributed by atoms with E-state index in [-0.39, 0.29) is 12.1 Å². The summed E-state index contributed by atoms with van der Waals surface area (Å²) < 4.78 is 14.0. The van der Waals surface area contributed by atoms with Crippen LogP contribution >= 0.6 is 23.2 Å². The lowest BCUT2D eigenvalue weighted by Crippen LogP contribution is -2.42. The normalized spacial score (nSPS) is 20.9. The van der Waals surface area contributed by atoms with Crippen molar-refractivity contribution in [3.63, 3.8) is 0 Å². The van der Waals surface area contributed by atoms with Gasteiger partial charge in [-0.15, -0.1) is 10.2 Å². The van der Waals surface area contributed by atoms with E-state index in [1.54, 1.807) is 7.11 Å². The van der Waals surface area contributed by atoms with Gasteiger partial charge in [-0.25, -0.2) is 0 Å². The molecule has 9 heteroatoms. The molecule has 0 saturated carbocycles. The van der Waals surface area contributed by atoms with Crippen molar-refractivity contribution in [1.82, 2.24) is 24.6 Å². The number of hydrogen-bond acceptors (Lipinski definition) is 6. The number of aromatic nitrogens is 3. The number of ether oxygens (including phenoxy) is 2. The standard InChI is InChI=1S/C27H33Cl2N5O2/c1-18-30-31-19(2)34(18)21-5-7-22(8-6-21)36-27-24-15-20(28)16-25(29)23(24)17-26(27)33-10-4-9-32(11-12-33)13-14-35-3/h5-8,15-16,26-27H,4,9-14,17H2,1-3H3/t26-,27-/m0/s1. The predicted molar refractivity (Wildman–Crippen MR) is 143 cm³/mol. The lowest BCUT2D eigenvalue weighted by molar-refractivity contribution is 0.0787. The summed E-state index contributed by atoms with van der Waals surface area (Å²) in [6.07, 6.45) is 1.82. The van der Waals surface area contributed by atoms with Crippen LogP contribution in [0.5, 0.6) is 5.75 Å². The molecule has 0 spiro atoms. The van der Waals surface area contributed by atoms with Crippen molar-refractivity contribution in [3.8, 4) is 11.4 Å². The molecule has 7 nitrogen and oxygen atoms in total. The summed E-state index contributed by atoms with van der Waals surface area (Å²) in [6.45, 7) is 9.75. The van der Waals surface area contributed by atoms with Gasteiger partial charge in [-0.3, -0.25) is 14.4 Å². The maximum absolute atomic E-state index is 6.71. The third-order valence-corrected chi connectivity index (χ3v) is 7.87. The number of halogens is 2. The maximum atomic E-state index is 6.71. The summed E-state index contributed by atoms with van der Waals surface area (Å²) in [5.41, 5.74) is 3.25. The minimum absolute atomic E-state index is 0.147. The number of nitrogens with zero attached hydrogens (tertiary/aromatic N) is 5. The molecule has 2 atom stereocenters. The Kier molecular flexibility index (Phi) is 7.84. The third kappa shape index (κ3) is 5.27. The second-order valence-corrected chi connectivity index (χ2v) is 10.5. The molecule has 192 valence electrons. The van der Waals surface area contributed by atoms with Crippen LogP contribution in [-0.2, 0) is 11.2 Å². The van der Waals surface area contributed by atoms with Crippen molar-refractivity contribution >= 4 is 23.2 Å². The van der Waals surface area contributed by atoms with Crippen LogP contribution in [0.4, 0.5) is 0 Å². The van der Waals surface area contributed by atoms with E-state index in [1.807, 2.05) is 54.8 Å². The highest BCUT2D eigenvalue weighted by Crippen LogP contribution is 2.43. The second kappa shape index (κ2) is 11.1. The fourth-order valence-electron chi connectivity index (χ4n) is 5.51. The number of hydrogen-bond donors (Lipinski definition) is 0. The zero-order valence-electron chi connectivity index (χ0n) is 21.1. The van der Waals surface area contributed by atoms with Crippen LogP contribution in [0.2, 0.25) is 10.0 Å². The van der Waals surface area contributed by atoms with Crippen molar-refractivity contribution in [2.24, 2.45) is 0 Å². The van der Waals surface area contributed by atoms with Crippen LogP contribution in [0, 0.1) is 13.8 Å². The topological polar surface area (TPSA) is 55.7 Å². The van der Waals surface area contributed by atoms with E-state index in [0.717, 1.165) is 91.4 Å². The van der Waals surface area contributed by atoms with Crippen LogP contribution in [0.15, 0.2) is 36.4 Å². The van der Waals surface area contributed by atoms with Crippen molar-refractivity contribution < 1.29 is 9.47 Å². The van der Waals surface area contributed by atoms with Gasteiger partial charge in [-0.2, -0.15) is 0 Å². The molecule has 3 aromatic rings. The minimum Gasteiger partial charge on any atom is -0.484 e. The van der Waals surface area contributed by atoms with Crippen LogP contribution in [-0.4, -0.2) is 77.0 Å². The van der Waals surface area contributed by atoms with Crippen LogP contribution in [0.25, 0.3) is 5.69 Å². The van der Waals surface area contributed by atoms with E-state index in [9.17, 15) is 0 Å². The van der Waals surface area contributed by atoms with E-state index in [0.29, 0.717) is 5.02 Å². The van der Waals surface area contributed by atoms with E-state index < -0.39 is 0 Å². The fourth-order valence-corrected chi connectivity index (χ4v) is 6.09. The molecule has 0 radical (unpaired) electrons. The summed E-state index contributed by atoms with van der Waals surface area (Å²) in [5.74, 6) is 2.53. The Morgan fingerprint density at radius 2 is 1.72 bits per heavy atom. The van der Waals surface area contributed by atoms with E-state index in [2.05, 4.69) is 20.0 Å². The zero-order chi connectivity index (χ0) is 25.2. The minimum atomic E-state index is -0.147. The first-order valence-corrected chi connectivity index (χ1v) is 13.3. The molecule has 5 rings (SSSR count). The van der Waals surface area contributed by atoms with E-state index in [1.165, 1.54) is 0 Å². The number of benzene rings is 2. The Morgan fingerprint density at radius 3 is 2.44 bits per heavy atom. The molecule has 1 saturated heterocycles. The molecular formula is C27H33Cl2N5O2. The Balaban J connectivity index is 1.39. The number of methoxy groups -OCH3 is 1. The largest absolute Gasteiger partial charge is 0.484 e. The average Bonchev–Trinajstić information content (AvgIpc) is 3.28. The monoisotopic (exact) mass is 529 g/mol. The smallest absolute Gasteiger partial charge is 0.140 e. The van der Waals surface area contributed by atoms with Gasteiger partial charge in [0, 0.05) is 48.0 Å². The molecule has 0 bridgehead atoms. The van der Waals surface area contributed by atoms with Crippen molar-refractivity contribution in [3.05, 3.63) is 69.2 Å². The molecule has 1 fully saturated rings. The maximum Gasteiger partial charge on any atom is 0.140 e. The molecule has 1 aliphatic carbocycles. The Hall–Kier alpha value is -2.16. The van der Waals surface area contributed by atoms with Crippen molar-refractivity contribution in [2.45, 2.75) is 38.8 Å². The first kappa shape index (κ1) is 25.5. The van der Waals surface area contributed by atoms with Gasteiger partial charge in [0.2, 0.25) is 0 Å². The average molecular weight is 531 g/mol. The highest BCUT2D eigenvalue weighted by Gasteiger charge is 2.40. The van der Waals surface area contributed by atoms with Gasteiger partial charge in [0.25, 0.3) is 0 Å². The lowest BCUT2D eigenvalue weighted by Gasteiger charge is -2.32. The van der Waals surface area contributed by atoms with E-state index in [4.69, 9.17) is 32.7 Å². The SMILES string of the molecule is COCCN1CCCN([C@H]2Cc3c(Cl)cc(Cl)cc3[C@@H]2Oc2ccc(-n3c(C)nnc3C)cc2)CC1. The molecular weight excluding hydrogens is 497 g/mol. The molecule has 1 aliphatic heterocycles. The third-order valence-electron chi connectivity index (χ3n) is 7.31. The number of rotatable bonds is 7. The molecule has 1 aromatic heterocycles. The highest BCUT2D eigenvalue weighted by molar-refractivity contribution is 6.35. The molecule has 0 N–H and O–H groups in total. The van der Waals surface area contributed by atoms with Crippen LogP contribution in [0.3, 0.4) is 0 Å². The van der Waals surface area contributed by atoms with Crippen LogP contribution < -0.4 is 4.74 Å². The summed E-state index contributed by atoms with van der Waals surface area (Å²) >= 11 is 13.1. The van der Waals surface area contributed by atoms with E-state index >= 15 is 0 Å². The van der Waals surface area contributed by atoms with Gasteiger partial charge < -0.3 is 9.47 Å². The Labute approximate surface area is 222 Å². The molecule has 2 aromatic carbocycles. The Morgan fingerprint density at radius 1 is 0.972 bits per heavy atom. The number of aryl methyl sites for hydroxylation is 2. The molecule has 2 aliphatic rings. The molecule has 0 amide bonds. The summed E-state index contributed by atoms with van der Waals surface area (Å²) in [4.78, 5) is 5.05. The van der Waals surface area contributed by atoms with Gasteiger partial charge in [0.15, 0.2) is 0 Å². The molecule has 2 heterocycles. The highest BCUT2D eigenvalue weighted by atomic mass is 35.5. The lowest BCUT2D eigenvalue weighted by atomic mass is 10.1. The van der Waals surface area contributed by atoms with Gasteiger partial charge in [-0.1, -0.05) is 23.2 Å². The second-order valence-electron chi connectivity index (χ2n) is 9.61. The summed E-state index contributed by atoms with van der Waals surface area (Å²) in [5, 5.41) is 9.71. The summed E-state index contributed by atoms with van der Waals surface area (Å²) in [6, 6.07) is 12.2. The first-order chi connectivity index (χ1) is 17.4. The van der Waals surface area contributed by atoms with Gasteiger partial charge in [0.05, 0.1) is 12.6 Å². The molecule has 0 unspecified atom stereocenters. The quantitative estimate of drug-likeness (QED) is 0.434. The van der Waals surface area contributed by atoms with Gasteiger partial charge in [0.1, 0.15) is 23.5 Å². The first-order valence-electron chi connectivity index (χ1n) is 12.5.